The van der Waals surface area contributed by atoms with Crippen LogP contribution >= 0.6 is 0 Å². The first-order chi connectivity index (χ1) is 12.2. The summed E-state index contributed by atoms with van der Waals surface area (Å²) in [4.78, 5) is 12.4. The van der Waals surface area contributed by atoms with Gasteiger partial charge in [-0.05, 0) is 65.4 Å². The number of tetrazole rings is 1. The van der Waals surface area contributed by atoms with Crippen molar-refractivity contribution >= 4 is 11.6 Å². The molecular weight excluding hydrogens is 325 g/mol. The highest BCUT2D eigenvalue weighted by atomic mass is 19.1. The molecule has 128 valence electrons. The van der Waals surface area contributed by atoms with Crippen LogP contribution in [0.4, 0.5) is 10.1 Å². The monoisotopic (exact) mass is 341 g/mol. The van der Waals surface area contributed by atoms with Crippen molar-refractivity contribution in [1.29, 1.82) is 0 Å². The number of carbonyl (C=O) groups is 1. The number of benzene rings is 2. The number of rotatable bonds is 6. The lowest BCUT2D eigenvalue weighted by Crippen LogP contribution is -2.32. The molecule has 2 aromatic carbocycles. The Labute approximate surface area is 143 Å². The Morgan fingerprint density at radius 2 is 1.92 bits per heavy atom. The second-order valence-electron chi connectivity index (χ2n) is 5.26. The summed E-state index contributed by atoms with van der Waals surface area (Å²) in [6.07, 6.45) is 1.29. The van der Waals surface area contributed by atoms with Crippen molar-refractivity contribution in [2.75, 3.05) is 5.32 Å². The molecule has 0 spiro atoms. The van der Waals surface area contributed by atoms with Gasteiger partial charge in [0.05, 0.1) is 5.69 Å². The number of hydrogen-bond donors (Lipinski definition) is 1. The molecule has 1 aromatic heterocycles. The van der Waals surface area contributed by atoms with Crippen LogP contribution in [0, 0.1) is 5.82 Å². The Bertz CT molecular complexity index is 819. The lowest BCUT2D eigenvalue weighted by molar-refractivity contribution is -0.122. The second kappa shape index (κ2) is 7.52. The summed E-state index contributed by atoms with van der Waals surface area (Å²) in [5.41, 5.74) is 1.40. The lowest BCUT2D eigenvalue weighted by atomic mass is 10.2. The van der Waals surface area contributed by atoms with E-state index in [9.17, 15) is 9.18 Å². The van der Waals surface area contributed by atoms with Crippen LogP contribution in [0.5, 0.6) is 5.75 Å². The zero-order chi connectivity index (χ0) is 17.6. The minimum Gasteiger partial charge on any atom is -0.481 e. The molecule has 1 atom stereocenters. The molecule has 0 fully saturated rings. The van der Waals surface area contributed by atoms with E-state index < -0.39 is 6.10 Å². The highest BCUT2D eigenvalue weighted by Gasteiger charge is 2.18. The van der Waals surface area contributed by atoms with Crippen LogP contribution in [-0.2, 0) is 4.79 Å². The van der Waals surface area contributed by atoms with E-state index >= 15 is 0 Å². The number of carbonyl (C=O) groups excluding carboxylic acids is 1. The zero-order valence-corrected chi connectivity index (χ0v) is 13.5. The highest BCUT2D eigenvalue weighted by Crippen LogP contribution is 2.17. The normalized spacial score (nSPS) is 11.8. The number of nitrogens with one attached hydrogen (secondary N) is 1. The van der Waals surface area contributed by atoms with Crippen LogP contribution in [0.25, 0.3) is 5.69 Å². The van der Waals surface area contributed by atoms with E-state index in [1.807, 2.05) is 6.92 Å². The maximum atomic E-state index is 12.9. The quantitative estimate of drug-likeness (QED) is 0.745. The van der Waals surface area contributed by atoms with Crippen molar-refractivity contribution in [2.24, 2.45) is 0 Å². The van der Waals surface area contributed by atoms with Crippen LogP contribution in [0.2, 0.25) is 0 Å². The molecule has 7 nitrogen and oxygen atoms in total. The standard InChI is InChI=1S/C17H16FN5O2/c1-2-16(25-15-9-3-12(18)4-10-15)17(24)20-13-5-7-14(8-6-13)23-11-19-21-22-23/h3-11,16H,2H2,1H3,(H,20,24). The van der Waals surface area contributed by atoms with Crippen LogP contribution < -0.4 is 10.1 Å². The van der Waals surface area contributed by atoms with Crippen molar-refractivity contribution in [3.8, 4) is 11.4 Å². The summed E-state index contributed by atoms with van der Waals surface area (Å²) in [5.74, 6) is -0.188. The van der Waals surface area contributed by atoms with Crippen LogP contribution in [-0.4, -0.2) is 32.2 Å². The number of aromatic nitrogens is 4. The summed E-state index contributed by atoms with van der Waals surface area (Å²) in [6.45, 7) is 1.84. The molecule has 0 aliphatic carbocycles. The Hall–Kier alpha value is -3.29. The summed E-state index contributed by atoms with van der Waals surface area (Å²) >= 11 is 0. The van der Waals surface area contributed by atoms with Gasteiger partial charge in [-0.1, -0.05) is 6.92 Å². The molecule has 3 rings (SSSR count). The molecule has 0 aliphatic heterocycles. The number of hydrogen-bond acceptors (Lipinski definition) is 5. The molecule has 1 heterocycles. The van der Waals surface area contributed by atoms with E-state index in [1.165, 1.54) is 35.3 Å². The van der Waals surface area contributed by atoms with Crippen molar-refractivity contribution in [2.45, 2.75) is 19.4 Å². The van der Waals surface area contributed by atoms with Crippen molar-refractivity contribution < 1.29 is 13.9 Å². The average Bonchev–Trinajstić information content (AvgIpc) is 3.16. The number of amides is 1. The molecule has 1 amide bonds. The predicted molar refractivity (Wildman–Crippen MR) is 88.9 cm³/mol. The molecular formula is C17H16FN5O2. The zero-order valence-electron chi connectivity index (χ0n) is 13.5. The smallest absolute Gasteiger partial charge is 0.265 e. The third kappa shape index (κ3) is 4.17. The summed E-state index contributed by atoms with van der Waals surface area (Å²) in [6, 6.07) is 12.6. The molecule has 25 heavy (non-hydrogen) atoms. The Balaban J connectivity index is 1.64. The van der Waals surface area contributed by atoms with E-state index in [0.29, 0.717) is 17.9 Å². The van der Waals surface area contributed by atoms with Gasteiger partial charge in [0.1, 0.15) is 17.9 Å². The minimum absolute atomic E-state index is 0.276. The van der Waals surface area contributed by atoms with Crippen LogP contribution in [0.1, 0.15) is 13.3 Å². The number of anilines is 1. The maximum Gasteiger partial charge on any atom is 0.265 e. The molecule has 0 aliphatic rings. The summed E-state index contributed by atoms with van der Waals surface area (Å²) in [5, 5.41) is 13.7. The Morgan fingerprint density at radius 3 is 2.52 bits per heavy atom. The average molecular weight is 341 g/mol. The first-order valence-electron chi connectivity index (χ1n) is 7.72. The van der Waals surface area contributed by atoms with Crippen LogP contribution in [0.15, 0.2) is 54.9 Å². The highest BCUT2D eigenvalue weighted by molar-refractivity contribution is 5.94. The number of nitrogens with zero attached hydrogens (tertiary/aromatic N) is 4. The van der Waals surface area contributed by atoms with Gasteiger partial charge in [-0.15, -0.1) is 5.10 Å². The minimum atomic E-state index is -0.676. The fraction of sp³-hybridized carbons (Fsp3) is 0.176. The van der Waals surface area contributed by atoms with E-state index in [4.69, 9.17) is 4.74 Å². The number of halogens is 1. The van der Waals surface area contributed by atoms with E-state index in [-0.39, 0.29) is 11.7 Å². The second-order valence-corrected chi connectivity index (χ2v) is 5.26. The predicted octanol–water partition coefficient (Wildman–Crippen LogP) is 2.60. The molecule has 0 bridgehead atoms. The van der Waals surface area contributed by atoms with E-state index in [1.54, 1.807) is 24.3 Å². The largest absolute Gasteiger partial charge is 0.481 e. The molecule has 1 unspecified atom stereocenters. The molecule has 0 radical (unpaired) electrons. The topological polar surface area (TPSA) is 81.9 Å². The third-order valence-electron chi connectivity index (χ3n) is 3.50. The number of ether oxygens (including phenoxy) is 1. The summed E-state index contributed by atoms with van der Waals surface area (Å²) in [7, 11) is 0. The van der Waals surface area contributed by atoms with Crippen molar-refractivity contribution in [3.05, 3.63) is 60.7 Å². The first-order valence-corrected chi connectivity index (χ1v) is 7.72. The van der Waals surface area contributed by atoms with E-state index in [2.05, 4.69) is 20.8 Å². The van der Waals surface area contributed by atoms with Gasteiger partial charge >= 0.3 is 0 Å². The fourth-order valence-electron chi connectivity index (χ4n) is 2.20. The Morgan fingerprint density at radius 1 is 1.20 bits per heavy atom. The summed E-state index contributed by atoms with van der Waals surface area (Å²) < 4.78 is 20.1. The van der Waals surface area contributed by atoms with Gasteiger partial charge in [-0.3, -0.25) is 4.79 Å². The van der Waals surface area contributed by atoms with Gasteiger partial charge in [-0.2, -0.15) is 0 Å². The van der Waals surface area contributed by atoms with Crippen LogP contribution in [0.3, 0.4) is 0 Å². The third-order valence-corrected chi connectivity index (χ3v) is 3.50. The maximum absolute atomic E-state index is 12.9. The van der Waals surface area contributed by atoms with E-state index in [0.717, 1.165) is 5.69 Å². The van der Waals surface area contributed by atoms with Gasteiger partial charge in [0.2, 0.25) is 0 Å². The first kappa shape index (κ1) is 16.6. The van der Waals surface area contributed by atoms with Gasteiger partial charge in [-0.25, -0.2) is 9.07 Å². The SMILES string of the molecule is CCC(Oc1ccc(F)cc1)C(=O)Nc1ccc(-n2cnnn2)cc1. The van der Waals surface area contributed by atoms with Gasteiger partial charge in [0, 0.05) is 5.69 Å². The molecule has 0 saturated heterocycles. The van der Waals surface area contributed by atoms with Gasteiger partial charge < -0.3 is 10.1 Å². The fourth-order valence-corrected chi connectivity index (χ4v) is 2.20. The molecule has 1 N–H and O–H groups in total. The molecule has 8 heteroatoms. The van der Waals surface area contributed by atoms with Gasteiger partial charge in [0.15, 0.2) is 6.10 Å². The van der Waals surface area contributed by atoms with Gasteiger partial charge in [0.25, 0.3) is 5.91 Å². The Kier molecular flexibility index (Phi) is 4.98. The van der Waals surface area contributed by atoms with Crippen molar-refractivity contribution in [3.63, 3.8) is 0 Å². The van der Waals surface area contributed by atoms with Crippen molar-refractivity contribution in [1.82, 2.24) is 20.2 Å². The lowest BCUT2D eigenvalue weighted by Gasteiger charge is -2.17. The molecule has 0 saturated carbocycles. The molecule has 3 aromatic rings.